The second-order valence-electron chi connectivity index (χ2n) is 3.09. The molecule has 2 N–H and O–H groups in total. The number of nitrogen functional groups attached to an aromatic ring is 1. The normalized spacial score (nSPS) is 11.4. The molecule has 9 heteroatoms. The number of nitrogens with two attached hydrogens (primary N) is 1. The number of aromatic nitrogens is 3. The zero-order chi connectivity index (χ0) is 12.5. The average Bonchev–Trinajstić information content (AvgIpc) is 2.77. The maximum Gasteiger partial charge on any atom is 0.293 e. The molecule has 90 valence electrons. The van der Waals surface area contributed by atoms with E-state index in [1.165, 1.54) is 13.2 Å². The van der Waals surface area contributed by atoms with Gasteiger partial charge in [-0.05, 0) is 12.1 Å². The van der Waals surface area contributed by atoms with E-state index in [0.717, 1.165) is 15.6 Å². The number of anilines is 2. The van der Waals surface area contributed by atoms with Crippen LogP contribution < -0.4 is 10.0 Å². The molecule has 2 rings (SSSR count). The van der Waals surface area contributed by atoms with Gasteiger partial charge >= 0.3 is 0 Å². The van der Waals surface area contributed by atoms with Crippen LogP contribution in [0.15, 0.2) is 28.9 Å². The molecule has 0 aliphatic heterocycles. The van der Waals surface area contributed by atoms with E-state index in [0.29, 0.717) is 5.69 Å². The molecule has 17 heavy (non-hydrogen) atoms. The predicted molar refractivity (Wildman–Crippen MR) is 64.1 cm³/mol. The first-order valence-corrected chi connectivity index (χ1v) is 6.75. The number of nitrogens with zero attached hydrogens (tertiary/aromatic N) is 4. The fourth-order valence-corrected chi connectivity index (χ4v) is 3.24. The molecule has 0 amide bonds. The summed E-state index contributed by atoms with van der Waals surface area (Å²) in [6, 6.07) is 3.28. The van der Waals surface area contributed by atoms with Gasteiger partial charge in [-0.25, -0.2) is 0 Å². The smallest absolute Gasteiger partial charge is 0.293 e. The van der Waals surface area contributed by atoms with Crippen LogP contribution in [-0.4, -0.2) is 30.6 Å². The number of rotatable bonds is 3. The summed E-state index contributed by atoms with van der Waals surface area (Å²) in [5, 5.41) is 7.13. The lowest BCUT2D eigenvalue weighted by Crippen LogP contribution is -2.26. The Balaban J connectivity index is 2.40. The number of pyridine rings is 1. The first kappa shape index (κ1) is 11.7. The highest BCUT2D eigenvalue weighted by atomic mass is 32.2. The number of hydrogen-bond acceptors (Lipinski definition) is 7. The van der Waals surface area contributed by atoms with Crippen molar-refractivity contribution in [2.75, 3.05) is 17.1 Å². The van der Waals surface area contributed by atoms with E-state index in [-0.39, 0.29) is 9.47 Å². The first-order valence-electron chi connectivity index (χ1n) is 4.50. The van der Waals surface area contributed by atoms with Gasteiger partial charge in [-0.15, -0.1) is 10.2 Å². The van der Waals surface area contributed by atoms with Gasteiger partial charge in [0.1, 0.15) is 0 Å². The Hall–Kier alpha value is -1.74. The molecule has 0 aliphatic rings. The molecule has 0 saturated carbocycles. The maximum atomic E-state index is 12.1. The summed E-state index contributed by atoms with van der Waals surface area (Å²) in [4.78, 5) is 3.85. The van der Waals surface area contributed by atoms with Crippen molar-refractivity contribution in [1.82, 2.24) is 15.2 Å². The fourth-order valence-electron chi connectivity index (χ4n) is 1.12. The Morgan fingerprint density at radius 2 is 2.18 bits per heavy atom. The van der Waals surface area contributed by atoms with Crippen LogP contribution in [0.25, 0.3) is 0 Å². The van der Waals surface area contributed by atoms with Crippen molar-refractivity contribution in [1.29, 1.82) is 0 Å². The Morgan fingerprint density at radius 3 is 2.71 bits per heavy atom. The van der Waals surface area contributed by atoms with Gasteiger partial charge in [0.2, 0.25) is 5.13 Å². The quantitative estimate of drug-likeness (QED) is 0.863. The second kappa shape index (κ2) is 4.26. The van der Waals surface area contributed by atoms with Crippen LogP contribution in [0.1, 0.15) is 0 Å². The molecule has 2 aromatic heterocycles. The molecule has 7 nitrogen and oxygen atoms in total. The fraction of sp³-hybridized carbons (Fsp3) is 0.125. The molecule has 0 unspecified atom stereocenters. The van der Waals surface area contributed by atoms with Gasteiger partial charge in [0.15, 0.2) is 0 Å². The van der Waals surface area contributed by atoms with Crippen LogP contribution in [0.2, 0.25) is 0 Å². The molecular formula is C8H9N5O2S2. The Kier molecular flexibility index (Phi) is 2.94. The highest BCUT2D eigenvalue weighted by Gasteiger charge is 2.25. The summed E-state index contributed by atoms with van der Waals surface area (Å²) in [5.41, 5.74) is 5.81. The summed E-state index contributed by atoms with van der Waals surface area (Å²) >= 11 is 0.823. The van der Waals surface area contributed by atoms with E-state index in [2.05, 4.69) is 15.2 Å². The number of sulfonamides is 1. The van der Waals surface area contributed by atoms with Crippen LogP contribution in [0.5, 0.6) is 0 Å². The Labute approximate surface area is 102 Å². The molecule has 0 aliphatic carbocycles. The lowest BCUT2D eigenvalue weighted by molar-refractivity contribution is 0.592. The third-order valence-corrected chi connectivity index (χ3v) is 4.90. The molecule has 0 aromatic carbocycles. The largest absolute Gasteiger partial charge is 0.374 e. The minimum atomic E-state index is -3.71. The summed E-state index contributed by atoms with van der Waals surface area (Å²) < 4.78 is 25.1. The minimum absolute atomic E-state index is 0.114. The highest BCUT2D eigenvalue weighted by Crippen LogP contribution is 2.24. The van der Waals surface area contributed by atoms with E-state index >= 15 is 0 Å². The summed E-state index contributed by atoms with van der Waals surface area (Å²) in [6.07, 6.45) is 3.01. The molecule has 2 aromatic rings. The molecule has 2 heterocycles. The standard InChI is InChI=1S/C8H9N5O2S2/c1-13(6-3-2-4-10-5-6)17(14,15)8-12-11-7(9)16-8/h2-5H,1H3,(H2,9,11). The Bertz CT molecular complexity index is 610. The molecule has 0 radical (unpaired) electrons. The van der Waals surface area contributed by atoms with Crippen molar-refractivity contribution in [3.05, 3.63) is 24.5 Å². The van der Waals surface area contributed by atoms with Gasteiger partial charge in [-0.1, -0.05) is 11.3 Å². The van der Waals surface area contributed by atoms with Crippen molar-refractivity contribution in [3.8, 4) is 0 Å². The van der Waals surface area contributed by atoms with Gasteiger partial charge in [0.05, 0.1) is 11.9 Å². The minimum Gasteiger partial charge on any atom is -0.374 e. The van der Waals surface area contributed by atoms with Crippen LogP contribution in [0, 0.1) is 0 Å². The van der Waals surface area contributed by atoms with E-state index < -0.39 is 10.0 Å². The maximum absolute atomic E-state index is 12.1. The lowest BCUT2D eigenvalue weighted by Gasteiger charge is -2.16. The third kappa shape index (κ3) is 2.19. The Morgan fingerprint density at radius 1 is 1.41 bits per heavy atom. The molecular weight excluding hydrogens is 262 g/mol. The van der Waals surface area contributed by atoms with Crippen LogP contribution in [-0.2, 0) is 10.0 Å². The SMILES string of the molecule is CN(c1cccnc1)S(=O)(=O)c1nnc(N)s1. The average molecular weight is 271 g/mol. The monoisotopic (exact) mass is 271 g/mol. The summed E-state index contributed by atoms with van der Waals surface area (Å²) in [7, 11) is -2.29. The molecule has 0 spiro atoms. The third-order valence-electron chi connectivity index (χ3n) is 2.01. The van der Waals surface area contributed by atoms with E-state index in [1.54, 1.807) is 18.3 Å². The van der Waals surface area contributed by atoms with Gasteiger partial charge in [-0.3, -0.25) is 9.29 Å². The molecule has 0 saturated heterocycles. The van der Waals surface area contributed by atoms with Crippen molar-refractivity contribution in [3.63, 3.8) is 0 Å². The van der Waals surface area contributed by atoms with Gasteiger partial charge in [-0.2, -0.15) is 8.42 Å². The zero-order valence-corrected chi connectivity index (χ0v) is 10.4. The number of hydrogen-bond donors (Lipinski definition) is 1. The van der Waals surface area contributed by atoms with Crippen LogP contribution >= 0.6 is 11.3 Å². The van der Waals surface area contributed by atoms with Crippen molar-refractivity contribution in [2.24, 2.45) is 0 Å². The van der Waals surface area contributed by atoms with Crippen molar-refractivity contribution >= 4 is 32.2 Å². The molecule has 0 atom stereocenters. The van der Waals surface area contributed by atoms with E-state index in [4.69, 9.17) is 5.73 Å². The topological polar surface area (TPSA) is 102 Å². The van der Waals surface area contributed by atoms with Crippen LogP contribution in [0.3, 0.4) is 0 Å². The van der Waals surface area contributed by atoms with E-state index in [9.17, 15) is 8.42 Å². The summed E-state index contributed by atoms with van der Waals surface area (Å²) in [5.74, 6) is 0. The zero-order valence-electron chi connectivity index (χ0n) is 8.81. The van der Waals surface area contributed by atoms with Crippen LogP contribution in [0.4, 0.5) is 10.8 Å². The molecule has 0 fully saturated rings. The predicted octanol–water partition coefficient (Wildman–Crippen LogP) is 0.340. The van der Waals surface area contributed by atoms with Gasteiger partial charge in [0.25, 0.3) is 14.4 Å². The lowest BCUT2D eigenvalue weighted by atomic mass is 10.4. The van der Waals surface area contributed by atoms with Gasteiger partial charge in [0, 0.05) is 13.2 Å². The van der Waals surface area contributed by atoms with E-state index in [1.807, 2.05) is 0 Å². The van der Waals surface area contributed by atoms with Crippen molar-refractivity contribution < 1.29 is 8.42 Å². The first-order chi connectivity index (χ1) is 8.01. The molecule has 0 bridgehead atoms. The highest BCUT2D eigenvalue weighted by molar-refractivity contribution is 7.94. The van der Waals surface area contributed by atoms with Gasteiger partial charge < -0.3 is 5.73 Å². The summed E-state index contributed by atoms with van der Waals surface area (Å²) in [6.45, 7) is 0. The van der Waals surface area contributed by atoms with Crippen molar-refractivity contribution in [2.45, 2.75) is 4.34 Å². The second-order valence-corrected chi connectivity index (χ2v) is 6.24.